The highest BCUT2D eigenvalue weighted by Crippen LogP contribution is 2.25. The Kier molecular flexibility index (Phi) is 6.00. The molecule has 0 aliphatic rings. The van der Waals surface area contributed by atoms with Gasteiger partial charge in [-0.3, -0.25) is 10.1 Å². The molecule has 6 nitrogen and oxygen atoms in total. The zero-order valence-corrected chi connectivity index (χ0v) is 16.0. The highest BCUT2D eigenvalue weighted by Gasteiger charge is 2.22. The number of halogens is 1. The molecule has 0 spiro atoms. The number of nitrogens with zero attached hydrogens (tertiary/aromatic N) is 1. The van der Waals surface area contributed by atoms with Crippen molar-refractivity contribution in [2.75, 3.05) is 12.4 Å². The summed E-state index contributed by atoms with van der Waals surface area (Å²) in [7, 11) is 1.39. The lowest BCUT2D eigenvalue weighted by Gasteiger charge is -2.13. The Labute approximate surface area is 164 Å². The standard InChI is InChI=1S/C20H17FN2O4S/c1-12(27-19(25)15-9-8-14(26-2)10-16(15)21)18(24)23-20-22-17(11-28-20)13-6-4-3-5-7-13/h3-12H,1-2H3,(H,22,23,24)/t12-/m1/s1. The summed E-state index contributed by atoms with van der Waals surface area (Å²) in [5.74, 6) is -2.01. The van der Waals surface area contributed by atoms with Gasteiger partial charge >= 0.3 is 5.97 Å². The lowest BCUT2D eigenvalue weighted by Crippen LogP contribution is -2.30. The first-order chi connectivity index (χ1) is 13.5. The van der Waals surface area contributed by atoms with Gasteiger partial charge in [-0.1, -0.05) is 30.3 Å². The van der Waals surface area contributed by atoms with E-state index in [0.717, 1.165) is 17.3 Å². The summed E-state index contributed by atoms with van der Waals surface area (Å²) in [5.41, 5.74) is 1.38. The van der Waals surface area contributed by atoms with Crippen LogP contribution in [0.3, 0.4) is 0 Å². The molecule has 2 aromatic carbocycles. The monoisotopic (exact) mass is 400 g/mol. The second-order valence-electron chi connectivity index (χ2n) is 5.79. The molecule has 0 bridgehead atoms. The molecule has 144 valence electrons. The van der Waals surface area contributed by atoms with E-state index in [0.29, 0.717) is 5.13 Å². The number of aromatic nitrogens is 1. The van der Waals surface area contributed by atoms with Crippen molar-refractivity contribution in [3.63, 3.8) is 0 Å². The van der Waals surface area contributed by atoms with Crippen LogP contribution in [0.2, 0.25) is 0 Å². The van der Waals surface area contributed by atoms with Crippen molar-refractivity contribution in [3.8, 4) is 17.0 Å². The predicted octanol–water partition coefficient (Wildman–Crippen LogP) is 4.14. The van der Waals surface area contributed by atoms with Gasteiger partial charge in [0.05, 0.1) is 18.4 Å². The van der Waals surface area contributed by atoms with Crippen molar-refractivity contribution in [2.45, 2.75) is 13.0 Å². The molecule has 3 rings (SSSR count). The Morgan fingerprint density at radius 1 is 1.18 bits per heavy atom. The Morgan fingerprint density at radius 2 is 1.93 bits per heavy atom. The zero-order chi connectivity index (χ0) is 20.1. The van der Waals surface area contributed by atoms with Crippen LogP contribution in [0.25, 0.3) is 11.3 Å². The number of thiazole rings is 1. The van der Waals surface area contributed by atoms with Gasteiger partial charge in [0, 0.05) is 17.0 Å². The minimum atomic E-state index is -1.13. The predicted molar refractivity (Wildman–Crippen MR) is 104 cm³/mol. The molecule has 0 saturated heterocycles. The summed E-state index contributed by atoms with van der Waals surface area (Å²) in [6.45, 7) is 1.40. The molecule has 1 atom stereocenters. The molecule has 28 heavy (non-hydrogen) atoms. The average molecular weight is 400 g/mol. The van der Waals surface area contributed by atoms with E-state index in [4.69, 9.17) is 9.47 Å². The van der Waals surface area contributed by atoms with Gasteiger partial charge in [0.15, 0.2) is 11.2 Å². The average Bonchev–Trinajstić information content (AvgIpc) is 3.16. The quantitative estimate of drug-likeness (QED) is 0.629. The molecule has 0 saturated carbocycles. The third-order valence-corrected chi connectivity index (χ3v) is 4.61. The van der Waals surface area contributed by atoms with Gasteiger partial charge in [0.1, 0.15) is 11.6 Å². The van der Waals surface area contributed by atoms with Crippen LogP contribution in [0.1, 0.15) is 17.3 Å². The van der Waals surface area contributed by atoms with E-state index in [1.807, 2.05) is 35.7 Å². The highest BCUT2D eigenvalue weighted by atomic mass is 32.1. The van der Waals surface area contributed by atoms with Crippen LogP contribution < -0.4 is 10.1 Å². The second-order valence-corrected chi connectivity index (χ2v) is 6.64. The Morgan fingerprint density at radius 3 is 2.61 bits per heavy atom. The number of anilines is 1. The van der Waals surface area contributed by atoms with Crippen molar-refractivity contribution in [1.29, 1.82) is 0 Å². The molecule has 0 aliphatic heterocycles. The lowest BCUT2D eigenvalue weighted by molar-refractivity contribution is -0.123. The number of carbonyl (C=O) groups is 2. The van der Waals surface area contributed by atoms with Crippen molar-refractivity contribution in [3.05, 3.63) is 65.3 Å². The summed E-state index contributed by atoms with van der Waals surface area (Å²) >= 11 is 1.25. The fourth-order valence-electron chi connectivity index (χ4n) is 2.35. The molecule has 8 heteroatoms. The molecular formula is C20H17FN2O4S. The summed E-state index contributed by atoms with van der Waals surface area (Å²) < 4.78 is 23.9. The van der Waals surface area contributed by atoms with Gasteiger partial charge in [-0.05, 0) is 19.1 Å². The number of esters is 1. The maximum absolute atomic E-state index is 14.0. The van der Waals surface area contributed by atoms with E-state index >= 15 is 0 Å². The van der Waals surface area contributed by atoms with Gasteiger partial charge in [0.2, 0.25) is 0 Å². The van der Waals surface area contributed by atoms with Crippen molar-refractivity contribution in [2.24, 2.45) is 0 Å². The van der Waals surface area contributed by atoms with E-state index in [1.165, 1.54) is 37.5 Å². The number of hydrogen-bond donors (Lipinski definition) is 1. The van der Waals surface area contributed by atoms with E-state index < -0.39 is 23.8 Å². The van der Waals surface area contributed by atoms with Gasteiger partial charge in [-0.2, -0.15) is 0 Å². The molecule has 1 amide bonds. The van der Waals surface area contributed by atoms with Gasteiger partial charge < -0.3 is 9.47 Å². The van der Waals surface area contributed by atoms with E-state index in [2.05, 4.69) is 10.3 Å². The van der Waals surface area contributed by atoms with Gasteiger partial charge in [-0.15, -0.1) is 11.3 Å². The van der Waals surface area contributed by atoms with Crippen LogP contribution in [0.5, 0.6) is 5.75 Å². The maximum atomic E-state index is 14.0. The Hall–Kier alpha value is -3.26. The molecule has 0 aliphatic carbocycles. The van der Waals surface area contributed by atoms with E-state index in [1.54, 1.807) is 0 Å². The minimum absolute atomic E-state index is 0.276. The van der Waals surface area contributed by atoms with Crippen LogP contribution in [-0.2, 0) is 9.53 Å². The Bertz CT molecular complexity index is 991. The topological polar surface area (TPSA) is 77.5 Å². The number of methoxy groups -OCH3 is 1. The first-order valence-corrected chi connectivity index (χ1v) is 9.22. The second kappa shape index (κ2) is 8.62. The van der Waals surface area contributed by atoms with Crippen LogP contribution in [0.4, 0.5) is 9.52 Å². The van der Waals surface area contributed by atoms with Gasteiger partial charge in [-0.25, -0.2) is 14.2 Å². The third kappa shape index (κ3) is 4.52. The summed E-state index contributed by atoms with van der Waals surface area (Å²) in [6.07, 6.45) is -1.13. The largest absolute Gasteiger partial charge is 0.497 e. The number of rotatable bonds is 6. The normalized spacial score (nSPS) is 11.5. The van der Waals surface area contributed by atoms with Crippen LogP contribution in [0, 0.1) is 5.82 Å². The third-order valence-electron chi connectivity index (χ3n) is 3.85. The number of nitrogens with one attached hydrogen (secondary N) is 1. The number of carbonyl (C=O) groups excluding carboxylic acids is 2. The summed E-state index contributed by atoms with van der Waals surface area (Å²) in [6, 6.07) is 13.3. The molecule has 1 heterocycles. The summed E-state index contributed by atoms with van der Waals surface area (Å²) in [5, 5.41) is 4.79. The number of amides is 1. The molecule has 1 N–H and O–H groups in total. The van der Waals surface area contributed by atoms with Crippen molar-refractivity contribution < 1.29 is 23.5 Å². The SMILES string of the molecule is COc1ccc(C(=O)O[C@H](C)C(=O)Nc2nc(-c3ccccc3)cs2)c(F)c1. The van der Waals surface area contributed by atoms with Crippen molar-refractivity contribution in [1.82, 2.24) is 4.98 Å². The molecule has 0 unspecified atom stereocenters. The number of hydrogen-bond acceptors (Lipinski definition) is 6. The van der Waals surface area contributed by atoms with E-state index in [9.17, 15) is 14.0 Å². The van der Waals surface area contributed by atoms with Crippen LogP contribution in [-0.4, -0.2) is 30.1 Å². The van der Waals surface area contributed by atoms with Crippen LogP contribution in [0.15, 0.2) is 53.9 Å². The van der Waals surface area contributed by atoms with E-state index in [-0.39, 0.29) is 11.3 Å². The highest BCUT2D eigenvalue weighted by molar-refractivity contribution is 7.14. The Balaban J connectivity index is 1.62. The minimum Gasteiger partial charge on any atom is -0.497 e. The van der Waals surface area contributed by atoms with Crippen LogP contribution >= 0.6 is 11.3 Å². The van der Waals surface area contributed by atoms with Crippen molar-refractivity contribution >= 4 is 28.3 Å². The molecule has 0 radical (unpaired) electrons. The maximum Gasteiger partial charge on any atom is 0.341 e. The number of benzene rings is 2. The zero-order valence-electron chi connectivity index (χ0n) is 15.1. The fourth-order valence-corrected chi connectivity index (χ4v) is 3.07. The first kappa shape index (κ1) is 19.5. The first-order valence-electron chi connectivity index (χ1n) is 8.34. The smallest absolute Gasteiger partial charge is 0.341 e. The summed E-state index contributed by atoms with van der Waals surface area (Å²) in [4.78, 5) is 28.7. The number of ether oxygens (including phenoxy) is 2. The molecule has 1 aromatic heterocycles. The molecular weight excluding hydrogens is 383 g/mol. The molecule has 3 aromatic rings. The lowest BCUT2D eigenvalue weighted by atomic mass is 10.2. The fraction of sp³-hybridized carbons (Fsp3) is 0.150. The van der Waals surface area contributed by atoms with Gasteiger partial charge in [0.25, 0.3) is 5.91 Å². The molecule has 0 fully saturated rings.